The van der Waals surface area contributed by atoms with E-state index >= 15 is 0 Å². The van der Waals surface area contributed by atoms with E-state index in [9.17, 15) is 14.4 Å². The standard InChI is InChI=1S/C12H17N3O4/c1-7-3-5-9(15(7)2)11(17)14-8(12(18)19)4-6-10(13)16/h3,5,8H,4,6H2,1-2H3,(H2,13,16)(H,14,17)(H,18,19)/t8-/m1/s1. The number of aliphatic carboxylic acids is 1. The minimum absolute atomic E-state index is 0.0280. The van der Waals surface area contributed by atoms with Crippen LogP contribution in [0.4, 0.5) is 0 Å². The highest BCUT2D eigenvalue weighted by Gasteiger charge is 2.22. The van der Waals surface area contributed by atoms with Gasteiger partial charge in [-0.3, -0.25) is 9.59 Å². The summed E-state index contributed by atoms with van der Waals surface area (Å²) >= 11 is 0. The van der Waals surface area contributed by atoms with Crippen LogP contribution in [0.15, 0.2) is 12.1 Å². The second kappa shape index (κ2) is 6.03. The quantitative estimate of drug-likeness (QED) is 0.661. The van der Waals surface area contributed by atoms with E-state index in [1.807, 2.05) is 6.92 Å². The summed E-state index contributed by atoms with van der Waals surface area (Å²) in [6.07, 6.45) is -0.122. The number of aromatic nitrogens is 1. The van der Waals surface area contributed by atoms with Crippen LogP contribution in [0.3, 0.4) is 0 Å². The number of carboxylic acid groups (broad SMARTS) is 1. The molecule has 7 nitrogen and oxygen atoms in total. The summed E-state index contributed by atoms with van der Waals surface area (Å²) < 4.78 is 1.66. The molecule has 0 saturated heterocycles. The maximum atomic E-state index is 11.9. The first-order valence-corrected chi connectivity index (χ1v) is 5.77. The van der Waals surface area contributed by atoms with Crippen molar-refractivity contribution in [3.05, 3.63) is 23.5 Å². The highest BCUT2D eigenvalue weighted by Crippen LogP contribution is 2.07. The molecule has 0 unspecified atom stereocenters. The van der Waals surface area contributed by atoms with Gasteiger partial charge in [-0.2, -0.15) is 0 Å². The minimum atomic E-state index is -1.19. The van der Waals surface area contributed by atoms with E-state index in [0.29, 0.717) is 5.69 Å². The lowest BCUT2D eigenvalue weighted by atomic mass is 10.1. The minimum Gasteiger partial charge on any atom is -0.480 e. The number of hydrogen-bond acceptors (Lipinski definition) is 3. The molecule has 0 saturated carbocycles. The number of nitrogens with one attached hydrogen (secondary N) is 1. The summed E-state index contributed by atoms with van der Waals surface area (Å²) in [5.41, 5.74) is 6.21. The fraction of sp³-hybridized carbons (Fsp3) is 0.417. The number of carbonyl (C=O) groups excluding carboxylic acids is 2. The molecule has 0 bridgehead atoms. The smallest absolute Gasteiger partial charge is 0.326 e. The average Bonchev–Trinajstić information content (AvgIpc) is 2.64. The molecule has 0 radical (unpaired) electrons. The molecule has 104 valence electrons. The highest BCUT2D eigenvalue weighted by atomic mass is 16.4. The lowest BCUT2D eigenvalue weighted by molar-refractivity contribution is -0.139. The van der Waals surface area contributed by atoms with Gasteiger partial charge < -0.3 is 20.7 Å². The number of carbonyl (C=O) groups is 3. The molecule has 1 heterocycles. The Morgan fingerprint density at radius 3 is 2.47 bits per heavy atom. The number of amides is 2. The third-order valence-corrected chi connectivity index (χ3v) is 2.89. The number of carboxylic acids is 1. The Hall–Kier alpha value is -2.31. The molecule has 1 aromatic rings. The molecule has 1 rings (SSSR count). The zero-order valence-electron chi connectivity index (χ0n) is 10.8. The van der Waals surface area contributed by atoms with Crippen LogP contribution in [0.2, 0.25) is 0 Å². The molecular formula is C12H17N3O4. The van der Waals surface area contributed by atoms with E-state index in [4.69, 9.17) is 10.8 Å². The largest absolute Gasteiger partial charge is 0.480 e. The van der Waals surface area contributed by atoms with Crippen molar-refractivity contribution in [2.45, 2.75) is 25.8 Å². The lowest BCUT2D eigenvalue weighted by Crippen LogP contribution is -2.42. The Morgan fingerprint density at radius 1 is 1.42 bits per heavy atom. The van der Waals surface area contributed by atoms with Gasteiger partial charge in [0.2, 0.25) is 5.91 Å². The van der Waals surface area contributed by atoms with Gasteiger partial charge in [-0.1, -0.05) is 0 Å². The van der Waals surface area contributed by atoms with Crippen molar-refractivity contribution in [2.75, 3.05) is 0 Å². The number of nitrogens with two attached hydrogens (primary N) is 1. The maximum Gasteiger partial charge on any atom is 0.326 e. The van der Waals surface area contributed by atoms with Gasteiger partial charge in [0.1, 0.15) is 11.7 Å². The zero-order chi connectivity index (χ0) is 14.6. The molecule has 1 atom stereocenters. The summed E-state index contributed by atoms with van der Waals surface area (Å²) in [4.78, 5) is 33.6. The Balaban J connectivity index is 2.74. The summed E-state index contributed by atoms with van der Waals surface area (Å²) in [6, 6.07) is 2.24. The summed E-state index contributed by atoms with van der Waals surface area (Å²) in [5.74, 6) is -2.29. The second-order valence-corrected chi connectivity index (χ2v) is 4.29. The summed E-state index contributed by atoms with van der Waals surface area (Å²) in [6.45, 7) is 1.83. The summed E-state index contributed by atoms with van der Waals surface area (Å²) in [5, 5.41) is 11.4. The fourth-order valence-corrected chi connectivity index (χ4v) is 1.62. The molecule has 7 heteroatoms. The first kappa shape index (κ1) is 14.7. The monoisotopic (exact) mass is 267 g/mol. The van der Waals surface area contributed by atoms with Crippen LogP contribution in [0.25, 0.3) is 0 Å². The highest BCUT2D eigenvalue weighted by molar-refractivity contribution is 5.95. The van der Waals surface area contributed by atoms with Crippen molar-refractivity contribution in [3.63, 3.8) is 0 Å². The number of primary amides is 1. The lowest BCUT2D eigenvalue weighted by Gasteiger charge is -2.14. The number of nitrogens with zero attached hydrogens (tertiary/aromatic N) is 1. The molecule has 2 amide bonds. The van der Waals surface area contributed by atoms with Gasteiger partial charge in [0.15, 0.2) is 0 Å². The zero-order valence-corrected chi connectivity index (χ0v) is 10.8. The van der Waals surface area contributed by atoms with Gasteiger partial charge in [0.25, 0.3) is 5.91 Å². The van der Waals surface area contributed by atoms with E-state index < -0.39 is 23.8 Å². The van der Waals surface area contributed by atoms with E-state index in [-0.39, 0.29) is 12.8 Å². The van der Waals surface area contributed by atoms with Crippen LogP contribution in [0.5, 0.6) is 0 Å². The van der Waals surface area contributed by atoms with Gasteiger partial charge in [0, 0.05) is 19.2 Å². The third kappa shape index (κ3) is 3.84. The number of hydrogen-bond donors (Lipinski definition) is 3. The van der Waals surface area contributed by atoms with Gasteiger partial charge in [-0.05, 0) is 25.5 Å². The second-order valence-electron chi connectivity index (χ2n) is 4.29. The Morgan fingerprint density at radius 2 is 2.05 bits per heavy atom. The molecule has 19 heavy (non-hydrogen) atoms. The third-order valence-electron chi connectivity index (χ3n) is 2.89. The summed E-state index contributed by atoms with van der Waals surface area (Å²) in [7, 11) is 1.71. The fourth-order valence-electron chi connectivity index (χ4n) is 1.62. The molecule has 0 aliphatic carbocycles. The molecule has 0 fully saturated rings. The molecule has 0 spiro atoms. The van der Waals surface area contributed by atoms with E-state index in [0.717, 1.165) is 5.69 Å². The van der Waals surface area contributed by atoms with Crippen LogP contribution >= 0.6 is 0 Å². The average molecular weight is 267 g/mol. The first-order chi connectivity index (χ1) is 8.82. The molecule has 4 N–H and O–H groups in total. The molecule has 0 aromatic carbocycles. The van der Waals surface area contributed by atoms with Crippen LogP contribution in [-0.2, 0) is 16.6 Å². The molecular weight excluding hydrogens is 250 g/mol. The Kier molecular flexibility index (Phi) is 4.68. The Bertz CT molecular complexity index is 507. The Labute approximate surface area is 110 Å². The maximum absolute atomic E-state index is 11.9. The number of rotatable bonds is 6. The van der Waals surface area contributed by atoms with Crippen LogP contribution in [-0.4, -0.2) is 33.5 Å². The van der Waals surface area contributed by atoms with Crippen molar-refractivity contribution in [1.82, 2.24) is 9.88 Å². The van der Waals surface area contributed by atoms with Crippen LogP contribution in [0, 0.1) is 6.92 Å². The van der Waals surface area contributed by atoms with E-state index in [1.54, 1.807) is 23.7 Å². The van der Waals surface area contributed by atoms with E-state index in [1.165, 1.54) is 0 Å². The van der Waals surface area contributed by atoms with Crippen molar-refractivity contribution >= 4 is 17.8 Å². The first-order valence-electron chi connectivity index (χ1n) is 5.77. The molecule has 0 aliphatic rings. The van der Waals surface area contributed by atoms with Crippen LogP contribution < -0.4 is 11.1 Å². The van der Waals surface area contributed by atoms with Crippen molar-refractivity contribution in [3.8, 4) is 0 Å². The van der Waals surface area contributed by atoms with Crippen LogP contribution in [0.1, 0.15) is 29.0 Å². The van der Waals surface area contributed by atoms with Gasteiger partial charge >= 0.3 is 5.97 Å². The van der Waals surface area contributed by atoms with E-state index in [2.05, 4.69) is 5.32 Å². The van der Waals surface area contributed by atoms with Crippen molar-refractivity contribution < 1.29 is 19.5 Å². The topological polar surface area (TPSA) is 114 Å². The normalized spacial score (nSPS) is 11.9. The van der Waals surface area contributed by atoms with Gasteiger partial charge in [-0.25, -0.2) is 4.79 Å². The molecule has 0 aliphatic heterocycles. The van der Waals surface area contributed by atoms with Gasteiger partial charge in [-0.15, -0.1) is 0 Å². The SMILES string of the molecule is Cc1ccc(C(=O)N[C@H](CCC(N)=O)C(=O)O)n1C. The van der Waals surface area contributed by atoms with Gasteiger partial charge in [0.05, 0.1) is 0 Å². The predicted molar refractivity (Wildman–Crippen MR) is 67.5 cm³/mol. The number of aryl methyl sites for hydroxylation is 1. The van der Waals surface area contributed by atoms with Crippen molar-refractivity contribution in [1.29, 1.82) is 0 Å². The predicted octanol–water partition coefficient (Wildman–Crippen LogP) is -0.218. The molecule has 1 aromatic heterocycles. The van der Waals surface area contributed by atoms with Crippen molar-refractivity contribution in [2.24, 2.45) is 12.8 Å².